The van der Waals surface area contributed by atoms with Crippen molar-refractivity contribution in [2.45, 2.75) is 25.7 Å². The van der Waals surface area contributed by atoms with Crippen LogP contribution in [0.1, 0.15) is 25.7 Å². The molecule has 6 nitrogen and oxygen atoms in total. The van der Waals surface area contributed by atoms with Crippen molar-refractivity contribution in [1.29, 1.82) is 0 Å². The van der Waals surface area contributed by atoms with E-state index in [4.69, 9.17) is 9.84 Å². The predicted molar refractivity (Wildman–Crippen MR) is 68.6 cm³/mol. The van der Waals surface area contributed by atoms with Crippen LogP contribution >= 0.6 is 0 Å². The van der Waals surface area contributed by atoms with Crippen LogP contribution in [0.25, 0.3) is 0 Å². The van der Waals surface area contributed by atoms with Crippen molar-refractivity contribution in [3.8, 4) is 0 Å². The van der Waals surface area contributed by atoms with E-state index in [1.54, 1.807) is 7.11 Å². The molecule has 0 aromatic rings. The van der Waals surface area contributed by atoms with Gasteiger partial charge in [0, 0.05) is 20.2 Å². The highest BCUT2D eigenvalue weighted by molar-refractivity contribution is 5.85. The van der Waals surface area contributed by atoms with Crippen LogP contribution < -0.4 is 0 Å². The monoisotopic (exact) mass is 273 g/mol. The predicted octanol–water partition coefficient (Wildman–Crippen LogP) is 0.345. The number of amides is 1. The van der Waals surface area contributed by atoms with Crippen molar-refractivity contribution in [3.05, 3.63) is 0 Å². The second-order valence-electron chi connectivity index (χ2n) is 4.88. The summed E-state index contributed by atoms with van der Waals surface area (Å²) in [6, 6.07) is 0. The number of carbonyl (C=O) groups excluding carboxylic acids is 1. The lowest BCUT2D eigenvalue weighted by Crippen LogP contribution is -2.44. The number of carboxylic acids is 1. The van der Waals surface area contributed by atoms with Gasteiger partial charge in [-0.3, -0.25) is 9.59 Å². The van der Waals surface area contributed by atoms with E-state index in [2.05, 4.69) is 0 Å². The molecule has 0 bridgehead atoms. The number of aliphatic hydroxyl groups excluding tert-OH is 1. The molecule has 1 rings (SSSR count). The number of methoxy groups -OCH3 is 1. The van der Waals surface area contributed by atoms with Crippen LogP contribution in [0.2, 0.25) is 0 Å². The number of carboxylic acid groups (broad SMARTS) is 1. The summed E-state index contributed by atoms with van der Waals surface area (Å²) in [6.45, 7) is 0.875. The first-order valence-corrected chi connectivity index (χ1v) is 6.73. The first-order valence-electron chi connectivity index (χ1n) is 6.73. The van der Waals surface area contributed by atoms with Gasteiger partial charge in [0.05, 0.1) is 25.0 Å². The van der Waals surface area contributed by atoms with Crippen LogP contribution in [-0.2, 0) is 14.3 Å². The van der Waals surface area contributed by atoms with Gasteiger partial charge >= 0.3 is 5.97 Å². The van der Waals surface area contributed by atoms with Gasteiger partial charge in [-0.05, 0) is 12.8 Å². The second kappa shape index (κ2) is 8.12. The van der Waals surface area contributed by atoms with Gasteiger partial charge in [-0.1, -0.05) is 12.8 Å². The number of nitrogens with zero attached hydrogens (tertiary/aromatic N) is 1. The molecule has 2 N–H and O–H groups in total. The summed E-state index contributed by atoms with van der Waals surface area (Å²) >= 11 is 0. The Balaban J connectivity index is 2.71. The van der Waals surface area contributed by atoms with Crippen molar-refractivity contribution in [1.82, 2.24) is 4.90 Å². The molecule has 0 saturated heterocycles. The number of rotatable bonds is 7. The largest absolute Gasteiger partial charge is 0.481 e. The maximum atomic E-state index is 12.4. The minimum Gasteiger partial charge on any atom is -0.481 e. The van der Waals surface area contributed by atoms with Crippen molar-refractivity contribution < 1.29 is 24.5 Å². The van der Waals surface area contributed by atoms with Gasteiger partial charge in [-0.25, -0.2) is 0 Å². The normalized spacial score (nSPS) is 23.1. The van der Waals surface area contributed by atoms with Gasteiger partial charge in [0.1, 0.15) is 0 Å². The fourth-order valence-electron chi connectivity index (χ4n) is 2.61. The smallest absolute Gasteiger partial charge is 0.307 e. The standard InChI is InChI=1S/C13H23NO5/c1-19-9-7-14(6-8-15)12(16)10-4-2-3-5-11(10)13(17)18/h10-11,15H,2-9H2,1H3,(H,17,18)/t10-,11+/m1/s1. The number of hydrogen-bond donors (Lipinski definition) is 2. The number of ether oxygens (including phenoxy) is 1. The minimum atomic E-state index is -0.895. The van der Waals surface area contributed by atoms with Crippen LogP contribution in [0.4, 0.5) is 0 Å². The zero-order valence-corrected chi connectivity index (χ0v) is 11.4. The Morgan fingerprint density at radius 1 is 1.21 bits per heavy atom. The molecule has 0 unspecified atom stereocenters. The number of carbonyl (C=O) groups is 2. The van der Waals surface area contributed by atoms with Crippen molar-refractivity contribution in [2.24, 2.45) is 11.8 Å². The zero-order valence-electron chi connectivity index (χ0n) is 11.4. The van der Waals surface area contributed by atoms with Gasteiger partial charge in [0.15, 0.2) is 0 Å². The maximum Gasteiger partial charge on any atom is 0.307 e. The van der Waals surface area contributed by atoms with Gasteiger partial charge in [-0.2, -0.15) is 0 Å². The molecule has 1 aliphatic carbocycles. The van der Waals surface area contributed by atoms with Crippen LogP contribution in [-0.4, -0.2) is 60.4 Å². The molecule has 6 heteroatoms. The summed E-state index contributed by atoms with van der Waals surface area (Å²) < 4.78 is 4.94. The highest BCUT2D eigenvalue weighted by Crippen LogP contribution is 2.31. The molecule has 0 heterocycles. The minimum absolute atomic E-state index is 0.125. The van der Waals surface area contributed by atoms with Gasteiger partial charge in [-0.15, -0.1) is 0 Å². The summed E-state index contributed by atoms with van der Waals surface area (Å²) in [5, 5.41) is 18.2. The van der Waals surface area contributed by atoms with Crippen LogP contribution in [0.3, 0.4) is 0 Å². The molecule has 0 radical (unpaired) electrons. The molecule has 1 fully saturated rings. The summed E-state index contributed by atoms with van der Waals surface area (Å²) in [7, 11) is 1.54. The maximum absolute atomic E-state index is 12.4. The van der Waals surface area contributed by atoms with Crippen LogP contribution in [0.5, 0.6) is 0 Å². The van der Waals surface area contributed by atoms with Crippen LogP contribution in [0.15, 0.2) is 0 Å². The second-order valence-corrected chi connectivity index (χ2v) is 4.88. The Bertz CT molecular complexity index is 307. The average Bonchev–Trinajstić information content (AvgIpc) is 2.42. The molecule has 110 valence electrons. The fraction of sp³-hybridized carbons (Fsp3) is 0.846. The first kappa shape index (κ1) is 15.9. The Kier molecular flexibility index (Phi) is 6.80. The molecule has 1 aliphatic rings. The van der Waals surface area contributed by atoms with Crippen molar-refractivity contribution in [2.75, 3.05) is 33.4 Å². The summed E-state index contributed by atoms with van der Waals surface area (Å²) in [6.07, 6.45) is 2.92. The third-order valence-corrected chi connectivity index (χ3v) is 3.65. The lowest BCUT2D eigenvalue weighted by molar-refractivity contribution is -0.152. The highest BCUT2D eigenvalue weighted by Gasteiger charge is 2.37. The quantitative estimate of drug-likeness (QED) is 0.698. The summed E-state index contributed by atoms with van der Waals surface area (Å²) in [5.74, 6) is -2.12. The van der Waals surface area contributed by atoms with Crippen molar-refractivity contribution in [3.63, 3.8) is 0 Å². The molecular weight excluding hydrogens is 250 g/mol. The van der Waals surface area contributed by atoms with E-state index in [1.807, 2.05) is 0 Å². The van der Waals surface area contributed by atoms with Crippen LogP contribution in [0, 0.1) is 11.8 Å². The molecule has 2 atom stereocenters. The van der Waals surface area contributed by atoms with E-state index < -0.39 is 17.8 Å². The average molecular weight is 273 g/mol. The van der Waals surface area contributed by atoms with Gasteiger partial charge < -0.3 is 19.8 Å². The fourth-order valence-corrected chi connectivity index (χ4v) is 2.61. The Morgan fingerprint density at radius 2 is 1.84 bits per heavy atom. The Hall–Kier alpha value is -1.14. The Labute approximate surface area is 113 Å². The lowest BCUT2D eigenvalue weighted by atomic mass is 9.78. The third kappa shape index (κ3) is 4.47. The molecule has 19 heavy (non-hydrogen) atoms. The van der Waals surface area contributed by atoms with E-state index in [0.29, 0.717) is 26.0 Å². The molecule has 0 aliphatic heterocycles. The van der Waals surface area contributed by atoms with E-state index >= 15 is 0 Å². The molecule has 1 amide bonds. The molecule has 0 aromatic heterocycles. The first-order chi connectivity index (χ1) is 9.11. The number of hydrogen-bond acceptors (Lipinski definition) is 4. The van der Waals surface area contributed by atoms with E-state index in [1.165, 1.54) is 4.90 Å². The summed E-state index contributed by atoms with van der Waals surface area (Å²) in [5.41, 5.74) is 0. The van der Waals surface area contributed by atoms with E-state index in [-0.39, 0.29) is 19.1 Å². The number of aliphatic carboxylic acids is 1. The lowest BCUT2D eigenvalue weighted by Gasteiger charge is -2.32. The van der Waals surface area contributed by atoms with E-state index in [9.17, 15) is 14.7 Å². The van der Waals surface area contributed by atoms with E-state index in [0.717, 1.165) is 12.8 Å². The molecule has 0 aromatic carbocycles. The SMILES string of the molecule is COCCN(CCO)C(=O)[C@@H]1CCCC[C@@H]1C(=O)O. The van der Waals surface area contributed by atoms with Gasteiger partial charge in [0.25, 0.3) is 0 Å². The highest BCUT2D eigenvalue weighted by atomic mass is 16.5. The zero-order chi connectivity index (χ0) is 14.3. The molecule has 1 saturated carbocycles. The van der Waals surface area contributed by atoms with Gasteiger partial charge in [0.2, 0.25) is 5.91 Å². The summed E-state index contributed by atoms with van der Waals surface area (Å²) in [4.78, 5) is 25.1. The number of aliphatic hydroxyl groups is 1. The third-order valence-electron chi connectivity index (χ3n) is 3.65. The molecule has 0 spiro atoms. The topological polar surface area (TPSA) is 87.1 Å². The van der Waals surface area contributed by atoms with Crippen molar-refractivity contribution >= 4 is 11.9 Å². The molecular formula is C13H23NO5. The Morgan fingerprint density at radius 3 is 2.37 bits per heavy atom.